The van der Waals surface area contributed by atoms with Crippen LogP contribution in [0.2, 0.25) is 0 Å². The van der Waals surface area contributed by atoms with Crippen molar-refractivity contribution in [2.24, 2.45) is 11.1 Å². The van der Waals surface area contributed by atoms with Crippen LogP contribution < -0.4 is 11.1 Å². The summed E-state index contributed by atoms with van der Waals surface area (Å²) >= 11 is 0. The summed E-state index contributed by atoms with van der Waals surface area (Å²) < 4.78 is 0. The number of urea groups is 1. The molecule has 192 valence electrons. The lowest BCUT2D eigenvalue weighted by molar-refractivity contribution is -0.132. The molecule has 1 aromatic carbocycles. The standard InChI is InChI=1S/C10H19NO2.C10H9NO.C6H10N2O2/c1-10(2,3)6-9(13)11-5-4-8(12)7-11;1-2-9-3-5-10(6-4-9)7-11-8-12;7-6(10)8-3-1-5(9)2-4-8/h8,12H,4-7H2,1-3H3;1,3-6,8H,7H2,(H,11,12);1-4H2,(H2,7,10). The van der Waals surface area contributed by atoms with Crippen LogP contribution in [0.5, 0.6) is 0 Å². The van der Waals surface area contributed by atoms with E-state index in [0.29, 0.717) is 51.9 Å². The second kappa shape index (κ2) is 14.8. The van der Waals surface area contributed by atoms with E-state index in [9.17, 15) is 24.3 Å². The molecule has 9 heteroatoms. The van der Waals surface area contributed by atoms with Gasteiger partial charge in [-0.15, -0.1) is 6.42 Å². The molecule has 2 aliphatic heterocycles. The summed E-state index contributed by atoms with van der Waals surface area (Å²) in [5, 5.41) is 11.8. The van der Waals surface area contributed by atoms with Crippen molar-refractivity contribution in [3.05, 3.63) is 35.4 Å². The van der Waals surface area contributed by atoms with Crippen LogP contribution in [0.4, 0.5) is 4.79 Å². The summed E-state index contributed by atoms with van der Waals surface area (Å²) in [6, 6.07) is 7.06. The van der Waals surface area contributed by atoms with Crippen molar-refractivity contribution < 1.29 is 24.3 Å². The van der Waals surface area contributed by atoms with Crippen molar-refractivity contribution in [3.63, 3.8) is 0 Å². The topological polar surface area (TPSA) is 133 Å². The zero-order valence-corrected chi connectivity index (χ0v) is 21.0. The first kappa shape index (κ1) is 29.7. The fourth-order valence-electron chi connectivity index (χ4n) is 3.39. The van der Waals surface area contributed by atoms with Crippen LogP contribution in [0.25, 0.3) is 0 Å². The van der Waals surface area contributed by atoms with Crippen molar-refractivity contribution in [1.82, 2.24) is 15.1 Å². The third kappa shape index (κ3) is 12.6. The lowest BCUT2D eigenvalue weighted by Gasteiger charge is -2.23. The molecule has 2 fully saturated rings. The number of hydrogen-bond acceptors (Lipinski definition) is 5. The molecule has 9 nitrogen and oxygen atoms in total. The Morgan fingerprint density at radius 2 is 1.77 bits per heavy atom. The van der Waals surface area contributed by atoms with Gasteiger partial charge >= 0.3 is 6.03 Å². The number of nitrogens with zero attached hydrogens (tertiary/aromatic N) is 2. The SMILES string of the molecule is C#Cc1ccc(CNC=O)cc1.CC(C)(C)CC(=O)N1CCC(O)C1.NC(=O)N1CCC(=O)CC1. The highest BCUT2D eigenvalue weighted by Crippen LogP contribution is 2.21. The minimum absolute atomic E-state index is 0.0463. The summed E-state index contributed by atoms with van der Waals surface area (Å²) in [4.78, 5) is 46.0. The number of rotatable bonds is 4. The third-order valence-electron chi connectivity index (χ3n) is 5.34. The molecule has 4 N–H and O–H groups in total. The summed E-state index contributed by atoms with van der Waals surface area (Å²) in [5.74, 6) is 2.91. The van der Waals surface area contributed by atoms with Crippen molar-refractivity contribution in [1.29, 1.82) is 0 Å². The zero-order valence-electron chi connectivity index (χ0n) is 21.0. The first-order chi connectivity index (χ1) is 16.4. The lowest BCUT2D eigenvalue weighted by Crippen LogP contribution is -2.41. The van der Waals surface area contributed by atoms with E-state index in [1.54, 1.807) is 4.90 Å². The molecule has 2 aliphatic rings. The van der Waals surface area contributed by atoms with Crippen molar-refractivity contribution >= 4 is 24.1 Å². The lowest BCUT2D eigenvalue weighted by atomic mass is 9.92. The fourth-order valence-corrected chi connectivity index (χ4v) is 3.39. The van der Waals surface area contributed by atoms with Crippen LogP contribution in [-0.4, -0.2) is 71.3 Å². The highest BCUT2D eigenvalue weighted by Gasteiger charge is 2.27. The zero-order chi connectivity index (χ0) is 26.4. The maximum absolute atomic E-state index is 11.6. The van der Waals surface area contributed by atoms with Crippen LogP contribution in [0, 0.1) is 17.8 Å². The smallest absolute Gasteiger partial charge is 0.314 e. The molecular weight excluding hydrogens is 448 g/mol. The summed E-state index contributed by atoms with van der Waals surface area (Å²) in [6.45, 7) is 8.94. The molecule has 0 saturated carbocycles. The second-order valence-electron chi connectivity index (χ2n) is 9.72. The van der Waals surface area contributed by atoms with E-state index in [1.807, 2.05) is 24.3 Å². The number of carbonyl (C=O) groups is 4. The maximum atomic E-state index is 11.6. The Morgan fingerprint density at radius 1 is 1.17 bits per heavy atom. The molecule has 4 amide bonds. The molecule has 0 aliphatic carbocycles. The van der Waals surface area contributed by atoms with Crippen LogP contribution in [-0.2, 0) is 20.9 Å². The van der Waals surface area contributed by atoms with Gasteiger partial charge < -0.3 is 26.0 Å². The van der Waals surface area contributed by atoms with E-state index < -0.39 is 6.03 Å². The Bertz CT molecular complexity index is 876. The number of β-amino-alcohol motifs (C(OH)–C–C–N with tert-alkyl or cyclic N) is 1. The molecule has 3 rings (SSSR count). The number of aliphatic hydroxyl groups excluding tert-OH is 1. The number of piperidine rings is 1. The predicted octanol–water partition coefficient (Wildman–Crippen LogP) is 1.66. The number of nitrogens with two attached hydrogens (primary N) is 1. The van der Waals surface area contributed by atoms with Gasteiger partial charge in [0.05, 0.1) is 6.10 Å². The molecule has 0 spiro atoms. The number of terminal acetylenes is 1. The number of hydrogen-bond donors (Lipinski definition) is 3. The van der Waals surface area contributed by atoms with Crippen LogP contribution in [0.15, 0.2) is 24.3 Å². The van der Waals surface area contributed by atoms with Crippen molar-refractivity contribution in [3.8, 4) is 12.3 Å². The molecule has 35 heavy (non-hydrogen) atoms. The van der Waals surface area contributed by atoms with Gasteiger partial charge in [0.15, 0.2) is 0 Å². The number of benzene rings is 1. The minimum atomic E-state index is -0.424. The number of primary amides is 1. The average Bonchev–Trinajstić information content (AvgIpc) is 3.25. The van der Waals surface area contributed by atoms with E-state index in [0.717, 1.165) is 24.1 Å². The summed E-state index contributed by atoms with van der Waals surface area (Å²) in [7, 11) is 0. The van der Waals surface area contributed by atoms with Crippen LogP contribution >= 0.6 is 0 Å². The Kier molecular flexibility index (Phi) is 12.5. The van der Waals surface area contributed by atoms with Gasteiger partial charge in [-0.2, -0.15) is 0 Å². The number of likely N-dealkylation sites (tertiary alicyclic amines) is 2. The molecule has 0 bridgehead atoms. The van der Waals surface area contributed by atoms with E-state index in [4.69, 9.17) is 12.2 Å². The number of nitrogens with one attached hydrogen (secondary N) is 1. The Balaban J connectivity index is 0.000000265. The Morgan fingerprint density at radius 3 is 2.20 bits per heavy atom. The maximum Gasteiger partial charge on any atom is 0.314 e. The van der Waals surface area contributed by atoms with Crippen molar-refractivity contribution in [2.75, 3.05) is 26.2 Å². The van der Waals surface area contributed by atoms with Gasteiger partial charge in [-0.05, 0) is 29.5 Å². The number of ketones is 1. The highest BCUT2D eigenvalue weighted by atomic mass is 16.3. The summed E-state index contributed by atoms with van der Waals surface area (Å²) in [5.41, 5.74) is 6.93. The fraction of sp³-hybridized carbons (Fsp3) is 0.538. The predicted molar refractivity (Wildman–Crippen MR) is 134 cm³/mol. The van der Waals surface area contributed by atoms with Gasteiger partial charge in [-0.25, -0.2) is 4.79 Å². The first-order valence-corrected chi connectivity index (χ1v) is 11.7. The number of amides is 4. The summed E-state index contributed by atoms with van der Waals surface area (Å²) in [6.07, 6.45) is 7.78. The van der Waals surface area contributed by atoms with Gasteiger partial charge in [-0.1, -0.05) is 38.8 Å². The Labute approximate surface area is 208 Å². The van der Waals surface area contributed by atoms with Crippen LogP contribution in [0.1, 0.15) is 57.6 Å². The average molecular weight is 487 g/mol. The largest absolute Gasteiger partial charge is 0.391 e. The molecule has 1 aromatic rings. The molecule has 1 unspecified atom stereocenters. The third-order valence-corrected chi connectivity index (χ3v) is 5.34. The van der Waals surface area contributed by atoms with Gasteiger partial charge in [0, 0.05) is 57.5 Å². The molecule has 0 aromatic heterocycles. The van der Waals surface area contributed by atoms with E-state index in [-0.39, 0.29) is 23.2 Å². The van der Waals surface area contributed by atoms with Gasteiger partial charge in [0.2, 0.25) is 12.3 Å². The minimum Gasteiger partial charge on any atom is -0.391 e. The van der Waals surface area contributed by atoms with Gasteiger partial charge in [0.1, 0.15) is 5.78 Å². The number of Topliss-reactive ketones (excluding diaryl/α,β-unsaturated/α-hetero) is 1. The van der Waals surface area contributed by atoms with E-state index >= 15 is 0 Å². The quantitative estimate of drug-likeness (QED) is 0.440. The molecular formula is C26H38N4O5. The Hall–Kier alpha value is -3.38. The number of aliphatic hydroxyl groups is 1. The molecule has 0 radical (unpaired) electrons. The number of carbonyl (C=O) groups excluding carboxylic acids is 4. The molecule has 1 atom stereocenters. The molecule has 2 saturated heterocycles. The highest BCUT2D eigenvalue weighted by molar-refractivity contribution is 5.82. The second-order valence-corrected chi connectivity index (χ2v) is 9.72. The van der Waals surface area contributed by atoms with E-state index in [2.05, 4.69) is 32.0 Å². The molecule has 2 heterocycles. The van der Waals surface area contributed by atoms with E-state index in [1.165, 1.54) is 4.90 Å². The normalized spacial score (nSPS) is 17.2. The van der Waals surface area contributed by atoms with Crippen molar-refractivity contribution in [2.45, 2.75) is 59.1 Å². The van der Waals surface area contributed by atoms with Gasteiger partial charge in [-0.3, -0.25) is 14.4 Å². The first-order valence-electron chi connectivity index (χ1n) is 11.7. The van der Waals surface area contributed by atoms with Gasteiger partial charge in [0.25, 0.3) is 0 Å². The monoisotopic (exact) mass is 486 g/mol. The van der Waals surface area contributed by atoms with Crippen LogP contribution in [0.3, 0.4) is 0 Å².